The van der Waals surface area contributed by atoms with Crippen LogP contribution in [0.1, 0.15) is 128 Å². The Kier molecular flexibility index (Phi) is 15.2. The summed E-state index contributed by atoms with van der Waals surface area (Å²) in [4.78, 5) is 0. The summed E-state index contributed by atoms with van der Waals surface area (Å²) in [5.41, 5.74) is 6.32. The predicted molar refractivity (Wildman–Crippen MR) is 177 cm³/mol. The highest BCUT2D eigenvalue weighted by Gasteiger charge is 2.15. The van der Waals surface area contributed by atoms with Crippen molar-refractivity contribution in [3.05, 3.63) is 71.3 Å². The maximum atomic E-state index is 6.26. The number of aryl methyl sites for hydroxylation is 2. The Bertz CT molecular complexity index is 1040. The van der Waals surface area contributed by atoms with E-state index < -0.39 is 0 Å². The SMILES string of the molecule is C=C(C=Cc1cc(C)ccc1CCCC(C)CC(C)(C)C)c1cc(OC)ccc1OCCCCCCCCCC. The molecule has 0 saturated heterocycles. The number of benzene rings is 2. The van der Waals surface area contributed by atoms with Crippen molar-refractivity contribution < 1.29 is 9.47 Å². The van der Waals surface area contributed by atoms with E-state index in [9.17, 15) is 0 Å². The van der Waals surface area contributed by atoms with E-state index in [-0.39, 0.29) is 0 Å². The summed E-state index contributed by atoms with van der Waals surface area (Å²) in [6.45, 7) is 19.0. The van der Waals surface area contributed by atoms with E-state index in [0.29, 0.717) is 5.41 Å². The first-order valence-electron chi connectivity index (χ1n) is 15.9. The monoisotopic (exact) mass is 546 g/mol. The minimum absolute atomic E-state index is 0.397. The lowest BCUT2D eigenvalue weighted by Gasteiger charge is -2.23. The molecule has 0 aliphatic heterocycles. The minimum Gasteiger partial charge on any atom is -0.497 e. The quantitative estimate of drug-likeness (QED) is 0.129. The van der Waals surface area contributed by atoms with Gasteiger partial charge in [-0.2, -0.15) is 0 Å². The number of ether oxygens (including phenoxy) is 2. The molecule has 0 spiro atoms. The van der Waals surface area contributed by atoms with Crippen molar-refractivity contribution in [3.8, 4) is 11.5 Å². The van der Waals surface area contributed by atoms with Crippen LogP contribution in [-0.2, 0) is 6.42 Å². The van der Waals surface area contributed by atoms with Crippen LogP contribution in [0.2, 0.25) is 0 Å². The van der Waals surface area contributed by atoms with E-state index in [1.807, 2.05) is 18.2 Å². The summed E-state index contributed by atoms with van der Waals surface area (Å²) in [5.74, 6) is 2.46. The first-order valence-corrected chi connectivity index (χ1v) is 15.9. The molecule has 0 N–H and O–H groups in total. The molecule has 0 fully saturated rings. The molecular weight excluding hydrogens is 488 g/mol. The summed E-state index contributed by atoms with van der Waals surface area (Å²) in [6, 6.07) is 12.9. The third-order valence-electron chi connectivity index (χ3n) is 7.66. The van der Waals surface area contributed by atoms with Gasteiger partial charge in [0.2, 0.25) is 0 Å². The van der Waals surface area contributed by atoms with Gasteiger partial charge in [0.1, 0.15) is 11.5 Å². The third kappa shape index (κ3) is 13.2. The molecule has 0 aromatic heterocycles. The predicted octanol–water partition coefficient (Wildman–Crippen LogP) is 11.6. The number of rotatable bonds is 19. The Balaban J connectivity index is 2.01. The van der Waals surface area contributed by atoms with Crippen LogP contribution < -0.4 is 9.47 Å². The maximum Gasteiger partial charge on any atom is 0.127 e. The normalized spacial score (nSPS) is 12.6. The van der Waals surface area contributed by atoms with E-state index in [2.05, 4.69) is 78.5 Å². The highest BCUT2D eigenvalue weighted by atomic mass is 16.5. The van der Waals surface area contributed by atoms with Crippen LogP contribution in [0.5, 0.6) is 11.5 Å². The van der Waals surface area contributed by atoms with Crippen LogP contribution in [0.25, 0.3) is 11.6 Å². The maximum absolute atomic E-state index is 6.26. The van der Waals surface area contributed by atoms with Gasteiger partial charge in [-0.25, -0.2) is 0 Å². The topological polar surface area (TPSA) is 18.5 Å². The van der Waals surface area contributed by atoms with Crippen LogP contribution in [0, 0.1) is 18.3 Å². The molecule has 1 unspecified atom stereocenters. The summed E-state index contributed by atoms with van der Waals surface area (Å²) >= 11 is 0. The van der Waals surface area contributed by atoms with Gasteiger partial charge in [0.15, 0.2) is 0 Å². The molecule has 2 aromatic carbocycles. The zero-order valence-electron chi connectivity index (χ0n) is 26.9. The van der Waals surface area contributed by atoms with Crippen molar-refractivity contribution in [3.63, 3.8) is 0 Å². The minimum atomic E-state index is 0.397. The smallest absolute Gasteiger partial charge is 0.127 e. The van der Waals surface area contributed by atoms with E-state index >= 15 is 0 Å². The van der Waals surface area contributed by atoms with Crippen LogP contribution in [0.4, 0.5) is 0 Å². The van der Waals surface area contributed by atoms with Crippen molar-refractivity contribution in [2.45, 2.75) is 119 Å². The molecule has 0 aliphatic rings. The second-order valence-electron chi connectivity index (χ2n) is 13.0. The third-order valence-corrected chi connectivity index (χ3v) is 7.66. The van der Waals surface area contributed by atoms with Gasteiger partial charge in [0.05, 0.1) is 13.7 Å². The Morgan fingerprint density at radius 3 is 2.30 bits per heavy atom. The molecular formula is C38H58O2. The number of allylic oxidation sites excluding steroid dienone is 2. The van der Waals surface area contributed by atoms with Crippen molar-refractivity contribution in [1.82, 2.24) is 0 Å². The Hall–Kier alpha value is -2.48. The van der Waals surface area contributed by atoms with Gasteiger partial charge >= 0.3 is 0 Å². The average Bonchev–Trinajstić information content (AvgIpc) is 2.90. The molecule has 2 rings (SSSR count). The number of unbranched alkanes of at least 4 members (excludes halogenated alkanes) is 7. The molecule has 0 heterocycles. The highest BCUT2D eigenvalue weighted by molar-refractivity contribution is 5.81. The Labute approximate surface area is 247 Å². The van der Waals surface area contributed by atoms with Gasteiger partial charge in [0.25, 0.3) is 0 Å². The zero-order chi connectivity index (χ0) is 29.4. The van der Waals surface area contributed by atoms with Crippen molar-refractivity contribution >= 4 is 11.6 Å². The van der Waals surface area contributed by atoms with Crippen molar-refractivity contribution in [1.29, 1.82) is 0 Å². The highest BCUT2D eigenvalue weighted by Crippen LogP contribution is 2.32. The number of methoxy groups -OCH3 is 1. The molecule has 0 bridgehead atoms. The zero-order valence-corrected chi connectivity index (χ0v) is 26.9. The van der Waals surface area contributed by atoms with Gasteiger partial charge in [-0.1, -0.05) is 128 Å². The lowest BCUT2D eigenvalue weighted by Crippen LogP contribution is -2.11. The fraction of sp³-hybridized carbons (Fsp3) is 0.579. The number of hydrogen-bond acceptors (Lipinski definition) is 2. The van der Waals surface area contributed by atoms with Crippen LogP contribution in [-0.4, -0.2) is 13.7 Å². The van der Waals surface area contributed by atoms with E-state index in [4.69, 9.17) is 9.47 Å². The van der Waals surface area contributed by atoms with Crippen LogP contribution in [0.15, 0.2) is 49.1 Å². The molecule has 0 radical (unpaired) electrons. The first kappa shape index (κ1) is 33.7. The van der Waals surface area contributed by atoms with E-state index in [1.165, 1.54) is 80.9 Å². The number of hydrogen-bond donors (Lipinski definition) is 0. The summed E-state index contributed by atoms with van der Waals surface area (Å²) < 4.78 is 11.8. The molecule has 0 amide bonds. The second kappa shape index (κ2) is 18.1. The molecule has 0 aliphatic carbocycles. The van der Waals surface area contributed by atoms with E-state index in [0.717, 1.165) is 48.0 Å². The van der Waals surface area contributed by atoms with Crippen LogP contribution >= 0.6 is 0 Å². The summed E-state index contributed by atoms with van der Waals surface area (Å²) in [7, 11) is 1.71. The first-order chi connectivity index (χ1) is 19.1. The fourth-order valence-corrected chi connectivity index (χ4v) is 5.60. The van der Waals surface area contributed by atoms with Gasteiger partial charge in [-0.05, 0) is 78.8 Å². The molecule has 2 aromatic rings. The fourth-order valence-electron chi connectivity index (χ4n) is 5.60. The molecule has 2 nitrogen and oxygen atoms in total. The summed E-state index contributed by atoms with van der Waals surface area (Å²) in [6.07, 6.45) is 19.6. The molecule has 222 valence electrons. The van der Waals surface area contributed by atoms with E-state index in [1.54, 1.807) is 7.11 Å². The van der Waals surface area contributed by atoms with Crippen LogP contribution in [0.3, 0.4) is 0 Å². The molecule has 40 heavy (non-hydrogen) atoms. The molecule has 0 saturated carbocycles. The second-order valence-corrected chi connectivity index (χ2v) is 13.0. The summed E-state index contributed by atoms with van der Waals surface area (Å²) in [5, 5.41) is 0. The van der Waals surface area contributed by atoms with Crippen molar-refractivity contribution in [2.75, 3.05) is 13.7 Å². The van der Waals surface area contributed by atoms with Gasteiger partial charge in [-0.15, -0.1) is 0 Å². The van der Waals surface area contributed by atoms with Gasteiger partial charge < -0.3 is 9.47 Å². The van der Waals surface area contributed by atoms with Crippen molar-refractivity contribution in [2.24, 2.45) is 11.3 Å². The lowest BCUT2D eigenvalue weighted by atomic mass is 9.83. The lowest BCUT2D eigenvalue weighted by molar-refractivity contribution is 0.293. The van der Waals surface area contributed by atoms with Gasteiger partial charge in [0, 0.05) is 5.56 Å². The Morgan fingerprint density at radius 1 is 0.925 bits per heavy atom. The molecule has 1 atom stereocenters. The van der Waals surface area contributed by atoms with Gasteiger partial charge in [-0.3, -0.25) is 0 Å². The average molecular weight is 547 g/mol. The Morgan fingerprint density at radius 2 is 1.62 bits per heavy atom. The standard InChI is InChI=1S/C38H58O2/c1-9-10-11-12-13-14-15-16-26-40-37-25-24-35(39-8)28-36(37)32(4)21-23-34-27-30(2)20-22-33(34)19-17-18-31(3)29-38(5,6)7/h20-25,27-28,31H,4,9-19,26,29H2,1-3,5-8H3. The largest absolute Gasteiger partial charge is 0.497 e. The molecule has 2 heteroatoms.